The van der Waals surface area contributed by atoms with Gasteiger partial charge in [-0.25, -0.2) is 0 Å². The van der Waals surface area contributed by atoms with Crippen molar-refractivity contribution in [1.29, 1.82) is 0 Å². The van der Waals surface area contributed by atoms with E-state index < -0.39 is 34.6 Å². The molecule has 0 aromatic rings. The van der Waals surface area contributed by atoms with E-state index in [1.54, 1.807) is 13.0 Å². The number of ether oxygens (including phenoxy) is 11. The molecule has 23 nitrogen and oxygen atoms in total. The zero-order chi connectivity index (χ0) is 96.8. The minimum atomic E-state index is -0.696. The Morgan fingerprint density at radius 3 is 1.26 bits per heavy atom. The van der Waals surface area contributed by atoms with E-state index in [-0.39, 0.29) is 139 Å². The summed E-state index contributed by atoms with van der Waals surface area (Å²) in [6.45, 7) is 54.2. The Balaban J connectivity index is 0.000000250. The van der Waals surface area contributed by atoms with Gasteiger partial charge in [0.05, 0.1) is 43.5 Å². The van der Waals surface area contributed by atoms with Gasteiger partial charge in [0.2, 0.25) is 0 Å². The van der Waals surface area contributed by atoms with Gasteiger partial charge in [0.15, 0.2) is 0 Å². The average Bonchev–Trinajstić information content (AvgIpc) is 1.41. The highest BCUT2D eigenvalue weighted by Gasteiger charge is 2.60. The molecule has 5 aliphatic carbocycles. The summed E-state index contributed by atoms with van der Waals surface area (Å²) in [5.74, 6) is -0.467. The standard InChI is InChI=1S/C22H32O6.C22H30O4.C21H26O5.2C21H32O4/c1-14(2)7-6-8-15(3)11-20-22(13-21(25)28-20)12-18(26-16(4)23)9-10-19(22)27-17(5)24;1-15(7-6-8-16(2)14-23)11-21-22(12-18(4)25-21)13-20(26-19(5)24)10-9-17(22)3;1-14(6-5-7-15(2)13-22)10-19-21(12-20(24)26-19)11-18(25-17(4)23)9-8-16(21)3;2*1-14(2)7-6-8-15(3)11-19-21(13-20(23)25-19)12-18(24-17(5)22)10-9-16(21)4/h7,11,18-20H,6,8-10,12-13H2,1-5H3;8-11,20-21,23H,3-4,6-7,12-14H2,1-2,5H3;7-10,13,18-19H,3,5-6,11-12H2,1-2,4H3;7,11,16,18-19H,6,8-10,12-13H2,1-5H3;9-10,14-15,18-19H,4,6-8,11-13H2,1-3,5H3/b15-11+;15-11+,16-8+;14-10+,15-7+;15-11+;/t18-,19?,20-,22?;20-,21-,22?;18-,19-,21?;16?,18-,19-,21?;15?,18-,19-,21?/m11111/s1. The number of aliphatic hydroxyl groups is 1. The summed E-state index contributed by atoms with van der Waals surface area (Å²) in [5, 5.41) is 9.08. The van der Waals surface area contributed by atoms with Gasteiger partial charge < -0.3 is 57.2 Å². The molecule has 23 heteroatoms. The van der Waals surface area contributed by atoms with Crippen LogP contribution in [0.1, 0.15) is 305 Å². The quantitative estimate of drug-likeness (QED) is 0.0230. The number of aliphatic hydroxyl groups excluding tert-OH is 1. The van der Waals surface area contributed by atoms with Crippen molar-refractivity contribution < 1.29 is 110 Å². The van der Waals surface area contributed by atoms with Crippen molar-refractivity contribution >= 4 is 66.0 Å². The predicted octanol–water partition coefficient (Wildman–Crippen LogP) is 21.3. The largest absolute Gasteiger partial charge is 0.490 e. The molecule has 2 saturated carbocycles. The van der Waals surface area contributed by atoms with E-state index in [2.05, 4.69) is 126 Å². The summed E-state index contributed by atoms with van der Waals surface area (Å²) in [5.41, 5.74) is 9.39. The molecule has 718 valence electrons. The average molecular weight is 1810 g/mol. The number of rotatable bonds is 30. The molecule has 8 unspecified atom stereocenters. The lowest BCUT2D eigenvalue weighted by atomic mass is 9.62. The Morgan fingerprint density at radius 2 is 0.808 bits per heavy atom. The summed E-state index contributed by atoms with van der Waals surface area (Å²) < 4.78 is 61.3. The van der Waals surface area contributed by atoms with E-state index in [0.29, 0.717) is 81.6 Å². The Bertz CT molecular complexity index is 4440. The summed E-state index contributed by atoms with van der Waals surface area (Å²) in [6, 6.07) is 0. The van der Waals surface area contributed by atoms with E-state index in [4.69, 9.17) is 57.2 Å². The van der Waals surface area contributed by atoms with E-state index in [1.165, 1.54) is 76.7 Å². The van der Waals surface area contributed by atoms with Gasteiger partial charge in [-0.2, -0.15) is 0 Å². The number of esters is 10. The van der Waals surface area contributed by atoms with E-state index in [1.807, 2.05) is 69.4 Å². The van der Waals surface area contributed by atoms with Crippen LogP contribution in [0.3, 0.4) is 0 Å². The van der Waals surface area contributed by atoms with Crippen molar-refractivity contribution in [3.8, 4) is 0 Å². The molecule has 0 amide bonds. The lowest BCUT2D eigenvalue weighted by Crippen LogP contribution is -2.50. The molecular weight excluding hydrogens is 1650 g/mol. The van der Waals surface area contributed by atoms with Crippen LogP contribution in [0.4, 0.5) is 0 Å². The first kappa shape index (κ1) is 109. The highest BCUT2D eigenvalue weighted by Crippen LogP contribution is 2.57. The summed E-state index contributed by atoms with van der Waals surface area (Å²) in [6.07, 6.45) is 44.5. The number of aldehydes is 1. The third-order valence-electron chi connectivity index (χ3n) is 26.6. The molecule has 10 aliphatic rings. The second-order valence-corrected chi connectivity index (χ2v) is 39.0. The van der Waals surface area contributed by atoms with Crippen molar-refractivity contribution in [2.24, 2.45) is 44.8 Å². The monoisotopic (exact) mass is 1810 g/mol. The van der Waals surface area contributed by atoms with Crippen LogP contribution < -0.4 is 0 Å². The van der Waals surface area contributed by atoms with Crippen LogP contribution in [-0.2, 0) is 105 Å². The van der Waals surface area contributed by atoms with Gasteiger partial charge in [0.25, 0.3) is 0 Å². The van der Waals surface area contributed by atoms with Crippen LogP contribution >= 0.6 is 0 Å². The summed E-state index contributed by atoms with van der Waals surface area (Å²) in [4.78, 5) is 128. The summed E-state index contributed by atoms with van der Waals surface area (Å²) in [7, 11) is 0. The normalized spacial score (nSPS) is 30.1. The van der Waals surface area contributed by atoms with Crippen molar-refractivity contribution in [3.05, 3.63) is 178 Å². The van der Waals surface area contributed by atoms with E-state index in [0.717, 1.165) is 128 Å². The van der Waals surface area contributed by atoms with Crippen LogP contribution in [0.5, 0.6) is 0 Å². The predicted molar refractivity (Wildman–Crippen MR) is 502 cm³/mol. The molecule has 10 rings (SSSR count). The Labute approximate surface area is 774 Å². The molecule has 0 bridgehead atoms. The van der Waals surface area contributed by atoms with Gasteiger partial charge in [-0.05, 0) is 248 Å². The molecule has 0 aromatic heterocycles. The van der Waals surface area contributed by atoms with Crippen LogP contribution in [0, 0.1) is 44.8 Å². The molecule has 7 fully saturated rings. The van der Waals surface area contributed by atoms with Crippen molar-refractivity contribution in [1.82, 2.24) is 0 Å². The highest BCUT2D eigenvalue weighted by molar-refractivity contribution is 5.78. The molecule has 0 aromatic carbocycles. The molecule has 130 heavy (non-hydrogen) atoms. The highest BCUT2D eigenvalue weighted by atomic mass is 16.6. The van der Waals surface area contributed by atoms with Gasteiger partial charge in [-0.1, -0.05) is 155 Å². The molecule has 0 radical (unpaired) electrons. The van der Waals surface area contributed by atoms with Crippen molar-refractivity contribution in [2.45, 2.75) is 373 Å². The van der Waals surface area contributed by atoms with E-state index in [9.17, 15) is 52.7 Å². The van der Waals surface area contributed by atoms with Crippen LogP contribution in [0.2, 0.25) is 0 Å². The number of hydrogen-bond acceptors (Lipinski definition) is 23. The number of cyclic esters (lactones) is 4. The Morgan fingerprint density at radius 1 is 0.431 bits per heavy atom. The van der Waals surface area contributed by atoms with E-state index >= 15 is 0 Å². The van der Waals surface area contributed by atoms with Gasteiger partial charge >= 0.3 is 59.7 Å². The second-order valence-electron chi connectivity index (χ2n) is 39.0. The fourth-order valence-electron chi connectivity index (χ4n) is 19.7. The topological polar surface area (TPSA) is 310 Å². The maximum absolute atomic E-state index is 12.3. The first-order chi connectivity index (χ1) is 61.1. The fraction of sp³-hybridized carbons (Fsp3) is 0.617. The maximum Gasteiger partial charge on any atom is 0.307 e. The fourth-order valence-corrected chi connectivity index (χ4v) is 19.7. The van der Waals surface area contributed by atoms with Gasteiger partial charge in [-0.3, -0.25) is 52.7 Å². The minimum Gasteiger partial charge on any atom is -0.490 e. The van der Waals surface area contributed by atoms with Crippen LogP contribution in [-0.4, -0.2) is 145 Å². The Hall–Kier alpha value is -9.77. The summed E-state index contributed by atoms with van der Waals surface area (Å²) >= 11 is 0. The van der Waals surface area contributed by atoms with Crippen LogP contribution in [0.15, 0.2) is 178 Å². The molecule has 5 heterocycles. The first-order valence-electron chi connectivity index (χ1n) is 46.7. The van der Waals surface area contributed by atoms with Crippen molar-refractivity contribution in [3.63, 3.8) is 0 Å². The number of allylic oxidation sites excluding steroid dienone is 15. The Kier molecular flexibility index (Phi) is 42.5. The molecule has 5 aliphatic heterocycles. The molecule has 18 atom stereocenters. The molecule has 1 N–H and O–H groups in total. The zero-order valence-corrected chi connectivity index (χ0v) is 81.6. The minimum absolute atomic E-state index is 0.0983. The smallest absolute Gasteiger partial charge is 0.307 e. The third-order valence-corrected chi connectivity index (χ3v) is 26.6. The maximum atomic E-state index is 12.3. The van der Waals surface area contributed by atoms with Crippen molar-refractivity contribution in [2.75, 3.05) is 6.61 Å². The number of carbonyl (C=O) groups is 11. The number of hydrogen-bond donors (Lipinski definition) is 1. The van der Waals surface area contributed by atoms with Gasteiger partial charge in [0.1, 0.15) is 73.4 Å². The lowest BCUT2D eigenvalue weighted by Gasteiger charge is -2.44. The molecular formula is C107H152O23. The molecule has 5 spiro atoms. The first-order valence-corrected chi connectivity index (χ1v) is 46.7. The molecule has 5 saturated heterocycles. The van der Waals surface area contributed by atoms with Gasteiger partial charge in [-0.15, -0.1) is 0 Å². The SMILES string of the molecule is C=C1C=C[C@@H](OC(C)=O)CC12CC(=O)O[C@@H]2/C=C(\C)CC/C=C(\C)C=O.C=C1C=C[C@@H](OC(C)=O)CC12CC(=O)O[C@@H]2CC(C)CCCC(C)C.C=C1CC2(C[C@H](OC(C)=O)C=CC2=C)[C@@H](/C=C(\C)CC/C=C(\C)CO)O1.CC(=O)OC1CC[C@@H](OC(C)=O)CC12CC(=O)O[C@@H]2/C=C(\C)CCC=C(C)C.CC(=O)O[C@@H]1CCC(C)C2(CC(=O)O[C@@H]2/C=C(\C)CCC=C(C)C)C1. The van der Waals surface area contributed by atoms with Gasteiger partial charge in [0, 0.05) is 88.9 Å². The zero-order valence-electron chi connectivity index (χ0n) is 81.6. The number of carbonyl (C=O) groups excluding carboxylic acids is 11. The second kappa shape index (κ2) is 50.7. The lowest BCUT2D eigenvalue weighted by molar-refractivity contribution is -0.172. The third kappa shape index (κ3) is 32.6. The van der Waals surface area contributed by atoms with Crippen LogP contribution in [0.25, 0.3) is 0 Å².